The molecule has 18 heavy (non-hydrogen) atoms. The van der Waals surface area contributed by atoms with Crippen LogP contribution in [0.15, 0.2) is 29.2 Å². The van der Waals surface area contributed by atoms with Crippen LogP contribution in [0.3, 0.4) is 0 Å². The normalized spacial score (nSPS) is 13.8. The highest BCUT2D eigenvalue weighted by Gasteiger charge is 2.29. The maximum absolute atomic E-state index is 12.5. The summed E-state index contributed by atoms with van der Waals surface area (Å²) in [7, 11) is -4.61. The molecule has 3 nitrogen and oxygen atoms in total. The lowest BCUT2D eigenvalue weighted by atomic mass is 10.0. The molecule has 6 heteroatoms. The standard InChI is InChI=1S/C12H16F2O3S/c1-2-5-10(15)8-9-6-3-4-7-11(9)18(16,17)12(13)14/h3-4,6-7,10,12,15H,2,5,8H2,1H3. The minimum absolute atomic E-state index is 0.0654. The molecule has 0 radical (unpaired) electrons. The first kappa shape index (κ1) is 15.0. The SMILES string of the molecule is CCCC(O)Cc1ccccc1S(=O)(=O)C(F)F. The summed E-state index contributed by atoms with van der Waals surface area (Å²) in [5.74, 6) is -3.44. The molecule has 0 aliphatic rings. The molecule has 1 N–H and O–H groups in total. The number of hydrogen-bond acceptors (Lipinski definition) is 3. The molecule has 0 saturated heterocycles. The van der Waals surface area contributed by atoms with Gasteiger partial charge in [-0.25, -0.2) is 8.42 Å². The Morgan fingerprint density at radius 2 is 1.89 bits per heavy atom. The van der Waals surface area contributed by atoms with Gasteiger partial charge in [0.15, 0.2) is 0 Å². The molecule has 0 aliphatic carbocycles. The van der Waals surface area contributed by atoms with Crippen LogP contribution in [0.25, 0.3) is 0 Å². The zero-order valence-electron chi connectivity index (χ0n) is 10.0. The molecule has 102 valence electrons. The summed E-state index contributed by atoms with van der Waals surface area (Å²) >= 11 is 0. The highest BCUT2D eigenvalue weighted by atomic mass is 32.2. The monoisotopic (exact) mass is 278 g/mol. The quantitative estimate of drug-likeness (QED) is 0.869. The van der Waals surface area contributed by atoms with Gasteiger partial charge in [0.05, 0.1) is 11.0 Å². The van der Waals surface area contributed by atoms with Crippen molar-refractivity contribution in [2.75, 3.05) is 0 Å². The number of aliphatic hydroxyl groups is 1. The van der Waals surface area contributed by atoms with E-state index in [4.69, 9.17) is 0 Å². The molecule has 1 unspecified atom stereocenters. The van der Waals surface area contributed by atoms with Crippen LogP contribution in [0, 0.1) is 0 Å². The fourth-order valence-corrected chi connectivity index (χ4v) is 2.71. The first-order valence-corrected chi connectivity index (χ1v) is 7.22. The lowest BCUT2D eigenvalue weighted by molar-refractivity contribution is 0.163. The van der Waals surface area contributed by atoms with Gasteiger partial charge in [-0.05, 0) is 24.5 Å². The van der Waals surface area contributed by atoms with Crippen molar-refractivity contribution in [2.24, 2.45) is 0 Å². The molecule has 1 aromatic carbocycles. The summed E-state index contributed by atoms with van der Waals surface area (Å²) in [6.45, 7) is 1.88. The second kappa shape index (κ2) is 6.24. The van der Waals surface area contributed by atoms with E-state index in [-0.39, 0.29) is 12.0 Å². The van der Waals surface area contributed by atoms with E-state index >= 15 is 0 Å². The summed E-state index contributed by atoms with van der Waals surface area (Å²) in [5, 5.41) is 9.65. The van der Waals surface area contributed by atoms with E-state index in [2.05, 4.69) is 0 Å². The third-order valence-electron chi connectivity index (χ3n) is 2.59. The van der Waals surface area contributed by atoms with Crippen molar-refractivity contribution in [3.05, 3.63) is 29.8 Å². The second-order valence-electron chi connectivity index (χ2n) is 4.06. The smallest absolute Gasteiger partial charge is 0.341 e. The van der Waals surface area contributed by atoms with Gasteiger partial charge < -0.3 is 5.11 Å². The van der Waals surface area contributed by atoms with E-state index in [0.29, 0.717) is 6.42 Å². The number of alkyl halides is 2. The van der Waals surface area contributed by atoms with Gasteiger partial charge in [0.2, 0.25) is 9.84 Å². The maximum atomic E-state index is 12.5. The van der Waals surface area contributed by atoms with Crippen molar-refractivity contribution in [3.63, 3.8) is 0 Å². The van der Waals surface area contributed by atoms with Crippen molar-refractivity contribution in [2.45, 2.75) is 42.9 Å². The number of aliphatic hydroxyl groups excluding tert-OH is 1. The molecule has 0 aromatic heterocycles. The third-order valence-corrected chi connectivity index (χ3v) is 4.07. The fraction of sp³-hybridized carbons (Fsp3) is 0.500. The van der Waals surface area contributed by atoms with Crippen LogP contribution < -0.4 is 0 Å². The predicted octanol–water partition coefficient (Wildman–Crippen LogP) is 2.39. The van der Waals surface area contributed by atoms with Crippen LogP contribution in [-0.2, 0) is 16.3 Å². The fourth-order valence-electron chi connectivity index (χ4n) is 1.74. The summed E-state index contributed by atoms with van der Waals surface area (Å²) in [6.07, 6.45) is 0.591. The minimum Gasteiger partial charge on any atom is -0.393 e. The van der Waals surface area contributed by atoms with Crippen molar-refractivity contribution in [3.8, 4) is 0 Å². The molecule has 0 heterocycles. The largest absolute Gasteiger partial charge is 0.393 e. The molecular weight excluding hydrogens is 262 g/mol. The Hall–Kier alpha value is -1.01. The van der Waals surface area contributed by atoms with E-state index < -0.39 is 26.6 Å². The van der Waals surface area contributed by atoms with Gasteiger partial charge in [-0.2, -0.15) is 8.78 Å². The Morgan fingerprint density at radius 1 is 1.28 bits per heavy atom. The zero-order valence-corrected chi connectivity index (χ0v) is 10.8. The Kier molecular flexibility index (Phi) is 5.22. The highest BCUT2D eigenvalue weighted by molar-refractivity contribution is 7.91. The van der Waals surface area contributed by atoms with Gasteiger partial charge in [0.1, 0.15) is 0 Å². The number of sulfone groups is 1. The zero-order chi connectivity index (χ0) is 13.8. The minimum atomic E-state index is -4.61. The summed E-state index contributed by atoms with van der Waals surface area (Å²) in [6, 6.07) is 5.56. The maximum Gasteiger partial charge on any atom is 0.341 e. The van der Waals surface area contributed by atoms with Gasteiger partial charge in [-0.1, -0.05) is 31.5 Å². The van der Waals surface area contributed by atoms with Crippen molar-refractivity contribution < 1.29 is 22.3 Å². The molecular formula is C12H16F2O3S. The third kappa shape index (κ3) is 3.49. The average molecular weight is 278 g/mol. The summed E-state index contributed by atoms with van der Waals surface area (Å²) in [5.41, 5.74) is 0.235. The number of benzene rings is 1. The van der Waals surface area contributed by atoms with Crippen LogP contribution in [0.5, 0.6) is 0 Å². The lowest BCUT2D eigenvalue weighted by Gasteiger charge is -2.13. The Morgan fingerprint density at radius 3 is 2.44 bits per heavy atom. The predicted molar refractivity (Wildman–Crippen MR) is 64.3 cm³/mol. The topological polar surface area (TPSA) is 54.4 Å². The van der Waals surface area contributed by atoms with Crippen LogP contribution in [0.4, 0.5) is 8.78 Å². The summed E-state index contributed by atoms with van der Waals surface area (Å²) < 4.78 is 47.9. The van der Waals surface area contributed by atoms with Crippen LogP contribution in [-0.4, -0.2) is 25.4 Å². The van der Waals surface area contributed by atoms with E-state index in [0.717, 1.165) is 12.5 Å². The Bertz CT molecular complexity index is 486. The molecule has 1 aromatic rings. The number of halogens is 2. The van der Waals surface area contributed by atoms with Gasteiger partial charge in [-0.3, -0.25) is 0 Å². The molecule has 0 bridgehead atoms. The van der Waals surface area contributed by atoms with E-state index in [1.165, 1.54) is 12.1 Å². The van der Waals surface area contributed by atoms with E-state index in [1.54, 1.807) is 6.07 Å². The van der Waals surface area contributed by atoms with Gasteiger partial charge in [0, 0.05) is 0 Å². The molecule has 0 amide bonds. The molecule has 0 saturated carbocycles. The van der Waals surface area contributed by atoms with Crippen LogP contribution in [0.2, 0.25) is 0 Å². The van der Waals surface area contributed by atoms with Crippen LogP contribution in [0.1, 0.15) is 25.3 Å². The van der Waals surface area contributed by atoms with Crippen molar-refractivity contribution >= 4 is 9.84 Å². The lowest BCUT2D eigenvalue weighted by Crippen LogP contribution is -2.17. The molecule has 0 aliphatic heterocycles. The molecule has 0 spiro atoms. The molecule has 1 atom stereocenters. The Balaban J connectivity index is 3.08. The van der Waals surface area contributed by atoms with Crippen molar-refractivity contribution in [1.82, 2.24) is 0 Å². The van der Waals surface area contributed by atoms with Crippen LogP contribution >= 0.6 is 0 Å². The second-order valence-corrected chi connectivity index (χ2v) is 5.95. The van der Waals surface area contributed by atoms with E-state index in [1.807, 2.05) is 6.92 Å². The van der Waals surface area contributed by atoms with E-state index in [9.17, 15) is 22.3 Å². The number of rotatable bonds is 6. The highest BCUT2D eigenvalue weighted by Crippen LogP contribution is 2.23. The van der Waals surface area contributed by atoms with Crippen molar-refractivity contribution in [1.29, 1.82) is 0 Å². The van der Waals surface area contributed by atoms with Gasteiger partial charge >= 0.3 is 5.76 Å². The summed E-state index contributed by atoms with van der Waals surface area (Å²) in [4.78, 5) is -0.393. The Labute approximate surface area is 105 Å². The first-order chi connectivity index (χ1) is 8.39. The molecule has 0 fully saturated rings. The number of hydrogen-bond donors (Lipinski definition) is 1. The average Bonchev–Trinajstić information content (AvgIpc) is 2.29. The van der Waals surface area contributed by atoms with Gasteiger partial charge in [0.25, 0.3) is 0 Å². The van der Waals surface area contributed by atoms with Gasteiger partial charge in [-0.15, -0.1) is 0 Å². The molecule has 1 rings (SSSR count). The first-order valence-electron chi connectivity index (χ1n) is 5.67.